The van der Waals surface area contributed by atoms with Crippen molar-refractivity contribution in [3.63, 3.8) is 0 Å². The normalized spacial score (nSPS) is 17.4. The molecule has 29 heavy (non-hydrogen) atoms. The Hall–Kier alpha value is -2.12. The molecule has 7 heteroatoms. The van der Waals surface area contributed by atoms with Crippen LogP contribution in [0.1, 0.15) is 33.3 Å². The van der Waals surface area contributed by atoms with Crippen LogP contribution in [-0.2, 0) is 21.5 Å². The molecule has 0 aliphatic carbocycles. The monoisotopic (exact) mass is 414 g/mol. The summed E-state index contributed by atoms with van der Waals surface area (Å²) in [6, 6.07) is 8.44. The first-order valence-electron chi connectivity index (χ1n) is 9.97. The lowest BCUT2D eigenvalue weighted by atomic mass is 9.87. The van der Waals surface area contributed by atoms with Gasteiger partial charge in [0.15, 0.2) is 11.0 Å². The fourth-order valence-corrected chi connectivity index (χ4v) is 4.14. The molecule has 2 aromatic rings. The Morgan fingerprint density at radius 1 is 1.31 bits per heavy atom. The summed E-state index contributed by atoms with van der Waals surface area (Å²) >= 11 is 1.42. The predicted molar refractivity (Wildman–Crippen MR) is 117 cm³/mol. The SMILES string of the molecule is C=CCn1c(SCC(=O)N2CCO[C@H](C)C2)nnc1-c1ccc(C(C)(C)C)cc1. The molecule has 1 amide bonds. The number of carbonyl (C=O) groups excluding carboxylic acids is 1. The van der Waals surface area contributed by atoms with Gasteiger partial charge in [0, 0.05) is 25.2 Å². The lowest BCUT2D eigenvalue weighted by molar-refractivity contribution is -0.135. The highest BCUT2D eigenvalue weighted by molar-refractivity contribution is 7.99. The van der Waals surface area contributed by atoms with Gasteiger partial charge in [-0.15, -0.1) is 16.8 Å². The van der Waals surface area contributed by atoms with Crippen LogP contribution >= 0.6 is 11.8 Å². The fourth-order valence-electron chi connectivity index (χ4n) is 3.28. The summed E-state index contributed by atoms with van der Waals surface area (Å²) in [5, 5.41) is 9.48. The predicted octanol–water partition coefficient (Wildman–Crippen LogP) is 3.77. The van der Waals surface area contributed by atoms with Gasteiger partial charge >= 0.3 is 0 Å². The van der Waals surface area contributed by atoms with Crippen molar-refractivity contribution in [1.29, 1.82) is 0 Å². The van der Waals surface area contributed by atoms with Gasteiger partial charge in [-0.25, -0.2) is 0 Å². The topological polar surface area (TPSA) is 60.2 Å². The quantitative estimate of drug-likeness (QED) is 0.532. The molecule has 0 saturated carbocycles. The summed E-state index contributed by atoms with van der Waals surface area (Å²) in [6.07, 6.45) is 1.91. The molecule has 2 heterocycles. The van der Waals surface area contributed by atoms with Crippen molar-refractivity contribution in [2.45, 2.75) is 50.9 Å². The third kappa shape index (κ3) is 5.28. The number of morpholine rings is 1. The first-order valence-corrected chi connectivity index (χ1v) is 11.0. The molecule has 1 saturated heterocycles. The van der Waals surface area contributed by atoms with E-state index in [1.165, 1.54) is 17.3 Å². The second-order valence-electron chi connectivity index (χ2n) is 8.34. The van der Waals surface area contributed by atoms with Crippen molar-refractivity contribution in [3.8, 4) is 11.4 Å². The molecule has 0 bridgehead atoms. The van der Waals surface area contributed by atoms with Crippen LogP contribution in [0.4, 0.5) is 0 Å². The zero-order valence-electron chi connectivity index (χ0n) is 17.7. The van der Waals surface area contributed by atoms with E-state index in [-0.39, 0.29) is 17.4 Å². The number of aromatic nitrogens is 3. The third-order valence-corrected chi connectivity index (χ3v) is 5.91. The maximum absolute atomic E-state index is 12.6. The van der Waals surface area contributed by atoms with Crippen LogP contribution in [0.15, 0.2) is 42.1 Å². The number of hydrogen-bond donors (Lipinski definition) is 0. The summed E-state index contributed by atoms with van der Waals surface area (Å²) in [7, 11) is 0. The highest BCUT2D eigenvalue weighted by Gasteiger charge is 2.23. The average Bonchev–Trinajstić information content (AvgIpc) is 3.08. The first-order chi connectivity index (χ1) is 13.8. The van der Waals surface area contributed by atoms with Crippen LogP contribution in [0, 0.1) is 0 Å². The van der Waals surface area contributed by atoms with E-state index in [2.05, 4.69) is 61.8 Å². The molecule has 0 unspecified atom stereocenters. The van der Waals surface area contributed by atoms with Gasteiger partial charge in [0.1, 0.15) is 0 Å². The van der Waals surface area contributed by atoms with E-state index in [0.717, 1.165) is 16.5 Å². The zero-order chi connectivity index (χ0) is 21.0. The lowest BCUT2D eigenvalue weighted by Gasteiger charge is -2.31. The van der Waals surface area contributed by atoms with E-state index >= 15 is 0 Å². The number of hydrogen-bond acceptors (Lipinski definition) is 5. The van der Waals surface area contributed by atoms with Gasteiger partial charge < -0.3 is 9.64 Å². The van der Waals surface area contributed by atoms with Gasteiger partial charge in [-0.2, -0.15) is 0 Å². The van der Waals surface area contributed by atoms with Crippen LogP contribution in [-0.4, -0.2) is 57.1 Å². The highest BCUT2D eigenvalue weighted by atomic mass is 32.2. The Balaban J connectivity index is 1.74. The summed E-state index contributed by atoms with van der Waals surface area (Å²) in [5.41, 5.74) is 2.38. The standard InChI is InChI=1S/C22H30N4O2S/c1-6-11-26-20(17-7-9-18(10-8-17)22(3,4)5)23-24-21(26)29-15-19(27)25-12-13-28-16(2)14-25/h6-10,16H,1,11-15H2,2-5H3/t16-/m1/s1. The maximum Gasteiger partial charge on any atom is 0.233 e. The van der Waals surface area contributed by atoms with E-state index in [4.69, 9.17) is 4.74 Å². The maximum atomic E-state index is 12.6. The highest BCUT2D eigenvalue weighted by Crippen LogP contribution is 2.28. The molecule has 0 N–H and O–H groups in total. The minimum absolute atomic E-state index is 0.0878. The molecular formula is C22H30N4O2S. The molecule has 3 rings (SSSR count). The van der Waals surface area contributed by atoms with Crippen molar-refractivity contribution in [1.82, 2.24) is 19.7 Å². The third-order valence-electron chi connectivity index (χ3n) is 4.96. The van der Waals surface area contributed by atoms with Gasteiger partial charge in [-0.05, 0) is 17.9 Å². The van der Waals surface area contributed by atoms with Gasteiger partial charge in [0.2, 0.25) is 5.91 Å². The molecule has 156 valence electrons. The molecule has 1 atom stereocenters. The zero-order valence-corrected chi connectivity index (χ0v) is 18.5. The van der Waals surface area contributed by atoms with Crippen LogP contribution in [0.3, 0.4) is 0 Å². The Bertz CT molecular complexity index is 855. The molecule has 0 radical (unpaired) electrons. The Kier molecular flexibility index (Phi) is 6.80. The second-order valence-corrected chi connectivity index (χ2v) is 9.29. The van der Waals surface area contributed by atoms with Crippen LogP contribution < -0.4 is 0 Å². The Morgan fingerprint density at radius 2 is 2.03 bits per heavy atom. The van der Waals surface area contributed by atoms with Gasteiger partial charge in [-0.3, -0.25) is 9.36 Å². The average molecular weight is 415 g/mol. The Morgan fingerprint density at radius 3 is 2.66 bits per heavy atom. The lowest BCUT2D eigenvalue weighted by Crippen LogP contribution is -2.45. The van der Waals surface area contributed by atoms with Crippen molar-refractivity contribution in [3.05, 3.63) is 42.5 Å². The van der Waals surface area contributed by atoms with Crippen molar-refractivity contribution in [2.24, 2.45) is 0 Å². The number of benzene rings is 1. The number of thioether (sulfide) groups is 1. The van der Waals surface area contributed by atoms with Crippen molar-refractivity contribution in [2.75, 3.05) is 25.4 Å². The molecule has 1 aromatic carbocycles. The molecule has 0 spiro atoms. The number of rotatable bonds is 6. The van der Waals surface area contributed by atoms with E-state index in [9.17, 15) is 4.79 Å². The van der Waals surface area contributed by atoms with E-state index < -0.39 is 0 Å². The van der Waals surface area contributed by atoms with Crippen LogP contribution in [0.5, 0.6) is 0 Å². The molecule has 1 fully saturated rings. The number of nitrogens with zero attached hydrogens (tertiary/aromatic N) is 4. The number of ether oxygens (including phenoxy) is 1. The molecule has 1 aliphatic heterocycles. The number of allylic oxidation sites excluding steroid dienone is 1. The summed E-state index contributed by atoms with van der Waals surface area (Å²) in [4.78, 5) is 14.4. The van der Waals surface area contributed by atoms with E-state index in [1.54, 1.807) is 0 Å². The van der Waals surface area contributed by atoms with Crippen molar-refractivity contribution < 1.29 is 9.53 Å². The minimum atomic E-state index is 0.0878. The van der Waals surface area contributed by atoms with Crippen LogP contribution in [0.25, 0.3) is 11.4 Å². The van der Waals surface area contributed by atoms with E-state index in [1.807, 2.05) is 22.5 Å². The van der Waals surface area contributed by atoms with Gasteiger partial charge in [0.05, 0.1) is 18.5 Å². The van der Waals surface area contributed by atoms with Gasteiger partial charge in [0.25, 0.3) is 0 Å². The molecule has 1 aromatic heterocycles. The minimum Gasteiger partial charge on any atom is -0.375 e. The summed E-state index contributed by atoms with van der Waals surface area (Å²) in [6.45, 7) is 14.9. The first kappa shape index (κ1) is 21.6. The van der Waals surface area contributed by atoms with Gasteiger partial charge in [-0.1, -0.05) is 62.9 Å². The van der Waals surface area contributed by atoms with E-state index in [0.29, 0.717) is 32.0 Å². The molecule has 6 nitrogen and oxygen atoms in total. The Labute approximate surface area is 177 Å². The smallest absolute Gasteiger partial charge is 0.233 e. The number of amides is 1. The molecular weight excluding hydrogens is 384 g/mol. The van der Waals surface area contributed by atoms with Crippen molar-refractivity contribution >= 4 is 17.7 Å². The fraction of sp³-hybridized carbons (Fsp3) is 0.500. The summed E-state index contributed by atoms with van der Waals surface area (Å²) in [5.74, 6) is 1.24. The molecule has 1 aliphatic rings. The second kappa shape index (κ2) is 9.13. The largest absolute Gasteiger partial charge is 0.375 e. The van der Waals surface area contributed by atoms with Crippen LogP contribution in [0.2, 0.25) is 0 Å². The number of carbonyl (C=O) groups is 1. The summed E-state index contributed by atoms with van der Waals surface area (Å²) < 4.78 is 7.53.